The minimum absolute atomic E-state index is 0.592. The van der Waals surface area contributed by atoms with E-state index in [1.54, 1.807) is 6.07 Å². The molecule has 15 heavy (non-hydrogen) atoms. The molecular weight excluding hydrogens is 208 g/mol. The third-order valence-corrected chi connectivity index (χ3v) is 2.66. The number of halogens is 1. The van der Waals surface area contributed by atoms with Crippen molar-refractivity contribution in [2.24, 2.45) is 0 Å². The van der Waals surface area contributed by atoms with Crippen molar-refractivity contribution in [3.05, 3.63) is 70.7 Å². The zero-order valence-electron chi connectivity index (χ0n) is 8.10. The first-order valence-electron chi connectivity index (χ1n) is 4.76. The van der Waals surface area contributed by atoms with Crippen LogP contribution in [0.3, 0.4) is 0 Å². The fraction of sp³-hybridized carbons (Fsp3) is 0.0769. The molecular formula is C13H11ClO. The van der Waals surface area contributed by atoms with Gasteiger partial charge in [0.25, 0.3) is 0 Å². The summed E-state index contributed by atoms with van der Waals surface area (Å²) in [6.45, 7) is 0. The van der Waals surface area contributed by atoms with Gasteiger partial charge in [0, 0.05) is 10.6 Å². The van der Waals surface area contributed by atoms with E-state index in [2.05, 4.69) is 0 Å². The van der Waals surface area contributed by atoms with Crippen LogP contribution in [0.15, 0.2) is 54.6 Å². The van der Waals surface area contributed by atoms with Crippen molar-refractivity contribution in [3.8, 4) is 0 Å². The molecule has 0 aromatic heterocycles. The SMILES string of the molecule is O[C@H](c1ccccc1)c1ccccc1Cl. The van der Waals surface area contributed by atoms with Crippen LogP contribution in [0, 0.1) is 0 Å². The van der Waals surface area contributed by atoms with E-state index >= 15 is 0 Å². The van der Waals surface area contributed by atoms with Crippen LogP contribution in [-0.4, -0.2) is 5.11 Å². The van der Waals surface area contributed by atoms with Crippen LogP contribution in [0.1, 0.15) is 17.2 Å². The van der Waals surface area contributed by atoms with Gasteiger partial charge in [0.15, 0.2) is 0 Å². The molecule has 2 heteroatoms. The second-order valence-electron chi connectivity index (χ2n) is 3.33. The highest BCUT2D eigenvalue weighted by Crippen LogP contribution is 2.27. The van der Waals surface area contributed by atoms with Gasteiger partial charge >= 0.3 is 0 Å². The molecule has 76 valence electrons. The van der Waals surface area contributed by atoms with E-state index in [0.717, 1.165) is 11.1 Å². The normalized spacial score (nSPS) is 12.4. The lowest BCUT2D eigenvalue weighted by atomic mass is 10.0. The summed E-state index contributed by atoms with van der Waals surface area (Å²) >= 11 is 6.01. The minimum atomic E-state index is -0.653. The standard InChI is InChI=1S/C13H11ClO/c14-12-9-5-4-8-11(12)13(15)10-6-2-1-3-7-10/h1-9,13,15H/t13-/m1/s1. The summed E-state index contributed by atoms with van der Waals surface area (Å²) in [6, 6.07) is 16.8. The molecule has 0 radical (unpaired) electrons. The Labute approximate surface area is 94.0 Å². The Balaban J connectivity index is 2.37. The average Bonchev–Trinajstić information content (AvgIpc) is 2.30. The summed E-state index contributed by atoms with van der Waals surface area (Å²) in [5, 5.41) is 10.7. The highest BCUT2D eigenvalue weighted by molar-refractivity contribution is 6.31. The maximum atomic E-state index is 10.1. The molecule has 1 atom stereocenters. The molecule has 2 rings (SSSR count). The van der Waals surface area contributed by atoms with E-state index < -0.39 is 6.10 Å². The second-order valence-corrected chi connectivity index (χ2v) is 3.74. The van der Waals surface area contributed by atoms with Crippen LogP contribution < -0.4 is 0 Å². The average molecular weight is 219 g/mol. The Morgan fingerprint density at radius 1 is 0.867 bits per heavy atom. The smallest absolute Gasteiger partial charge is 0.105 e. The van der Waals surface area contributed by atoms with Gasteiger partial charge < -0.3 is 5.11 Å². The van der Waals surface area contributed by atoms with Crippen molar-refractivity contribution < 1.29 is 5.11 Å². The second kappa shape index (κ2) is 4.47. The van der Waals surface area contributed by atoms with Gasteiger partial charge in [-0.15, -0.1) is 0 Å². The van der Waals surface area contributed by atoms with E-state index in [0.29, 0.717) is 5.02 Å². The molecule has 0 spiro atoms. The van der Waals surface area contributed by atoms with Gasteiger partial charge in [0.05, 0.1) is 0 Å². The molecule has 0 aliphatic rings. The number of hydrogen-bond acceptors (Lipinski definition) is 1. The van der Waals surface area contributed by atoms with Gasteiger partial charge in [-0.1, -0.05) is 60.1 Å². The first-order chi connectivity index (χ1) is 7.29. The molecule has 0 saturated carbocycles. The van der Waals surface area contributed by atoms with E-state index in [9.17, 15) is 5.11 Å². The quantitative estimate of drug-likeness (QED) is 0.819. The molecule has 0 fully saturated rings. The molecule has 0 amide bonds. The Bertz CT molecular complexity index is 439. The molecule has 0 aliphatic carbocycles. The maximum Gasteiger partial charge on any atom is 0.105 e. The molecule has 1 N–H and O–H groups in total. The van der Waals surface area contributed by atoms with Crippen LogP contribution in [-0.2, 0) is 0 Å². The Morgan fingerprint density at radius 3 is 2.13 bits per heavy atom. The monoisotopic (exact) mass is 218 g/mol. The topological polar surface area (TPSA) is 20.2 Å². The summed E-state index contributed by atoms with van der Waals surface area (Å²) < 4.78 is 0. The van der Waals surface area contributed by atoms with Crippen molar-refractivity contribution >= 4 is 11.6 Å². The predicted molar refractivity (Wildman–Crippen MR) is 62.0 cm³/mol. The summed E-state index contributed by atoms with van der Waals surface area (Å²) in [5.74, 6) is 0. The molecule has 0 unspecified atom stereocenters. The zero-order chi connectivity index (χ0) is 10.7. The first kappa shape index (κ1) is 10.2. The van der Waals surface area contributed by atoms with E-state index in [1.807, 2.05) is 48.5 Å². The zero-order valence-corrected chi connectivity index (χ0v) is 8.85. The van der Waals surface area contributed by atoms with Crippen molar-refractivity contribution in [3.63, 3.8) is 0 Å². The van der Waals surface area contributed by atoms with Crippen molar-refractivity contribution in [1.29, 1.82) is 0 Å². The minimum Gasteiger partial charge on any atom is -0.384 e. The summed E-state index contributed by atoms with van der Waals surface area (Å²) in [7, 11) is 0. The molecule has 2 aromatic carbocycles. The number of rotatable bonds is 2. The largest absolute Gasteiger partial charge is 0.384 e. The van der Waals surface area contributed by atoms with Gasteiger partial charge in [-0.25, -0.2) is 0 Å². The number of hydrogen-bond donors (Lipinski definition) is 1. The number of aliphatic hydroxyl groups is 1. The Morgan fingerprint density at radius 2 is 1.47 bits per heavy atom. The van der Waals surface area contributed by atoms with Gasteiger partial charge in [-0.2, -0.15) is 0 Å². The molecule has 0 heterocycles. The summed E-state index contributed by atoms with van der Waals surface area (Å²) in [5.41, 5.74) is 1.59. The van der Waals surface area contributed by atoms with Crippen LogP contribution in [0.4, 0.5) is 0 Å². The fourth-order valence-electron chi connectivity index (χ4n) is 1.51. The van der Waals surface area contributed by atoms with Crippen molar-refractivity contribution in [1.82, 2.24) is 0 Å². The fourth-order valence-corrected chi connectivity index (χ4v) is 1.75. The van der Waals surface area contributed by atoms with Crippen LogP contribution in [0.25, 0.3) is 0 Å². The third-order valence-electron chi connectivity index (χ3n) is 2.32. The van der Waals surface area contributed by atoms with Crippen LogP contribution in [0.2, 0.25) is 5.02 Å². The van der Waals surface area contributed by atoms with Crippen molar-refractivity contribution in [2.45, 2.75) is 6.10 Å². The van der Waals surface area contributed by atoms with E-state index in [4.69, 9.17) is 11.6 Å². The van der Waals surface area contributed by atoms with Crippen LogP contribution >= 0.6 is 11.6 Å². The maximum absolute atomic E-state index is 10.1. The highest BCUT2D eigenvalue weighted by atomic mass is 35.5. The summed E-state index contributed by atoms with van der Waals surface area (Å²) in [6.07, 6.45) is -0.653. The lowest BCUT2D eigenvalue weighted by Gasteiger charge is -2.12. The predicted octanol–water partition coefficient (Wildman–Crippen LogP) is 3.42. The highest BCUT2D eigenvalue weighted by Gasteiger charge is 2.12. The molecule has 2 aromatic rings. The number of benzene rings is 2. The molecule has 0 bridgehead atoms. The Hall–Kier alpha value is -1.31. The molecule has 1 nitrogen and oxygen atoms in total. The van der Waals surface area contributed by atoms with Gasteiger partial charge in [0.2, 0.25) is 0 Å². The third kappa shape index (κ3) is 2.20. The van der Waals surface area contributed by atoms with E-state index in [-0.39, 0.29) is 0 Å². The van der Waals surface area contributed by atoms with Gasteiger partial charge in [0.1, 0.15) is 6.10 Å². The first-order valence-corrected chi connectivity index (χ1v) is 5.14. The Kier molecular flexibility index (Phi) is 3.05. The lowest BCUT2D eigenvalue weighted by Crippen LogP contribution is -1.99. The lowest BCUT2D eigenvalue weighted by molar-refractivity contribution is 0.220. The van der Waals surface area contributed by atoms with E-state index in [1.165, 1.54) is 0 Å². The van der Waals surface area contributed by atoms with Gasteiger partial charge in [-0.05, 0) is 11.6 Å². The summed E-state index contributed by atoms with van der Waals surface area (Å²) in [4.78, 5) is 0. The number of aliphatic hydroxyl groups excluding tert-OH is 1. The molecule has 0 saturated heterocycles. The van der Waals surface area contributed by atoms with Crippen LogP contribution in [0.5, 0.6) is 0 Å². The van der Waals surface area contributed by atoms with Crippen molar-refractivity contribution in [2.75, 3.05) is 0 Å². The van der Waals surface area contributed by atoms with Gasteiger partial charge in [-0.3, -0.25) is 0 Å². The molecule has 0 aliphatic heterocycles.